The molecule has 0 aliphatic heterocycles. The Labute approximate surface area is 295 Å². The van der Waals surface area contributed by atoms with Crippen molar-refractivity contribution < 1.29 is 0 Å². The highest BCUT2D eigenvalue weighted by atomic mass is 32.1. The second-order valence-corrected chi connectivity index (χ2v) is 13.6. The molecule has 0 radical (unpaired) electrons. The molecular weight excluding hydrogens is 625 g/mol. The van der Waals surface area contributed by atoms with Gasteiger partial charge in [-0.2, -0.15) is 0 Å². The van der Waals surface area contributed by atoms with Gasteiger partial charge in [0, 0.05) is 31.3 Å². The lowest BCUT2D eigenvalue weighted by atomic mass is 9.90. The third kappa shape index (κ3) is 4.94. The van der Waals surface area contributed by atoms with E-state index in [4.69, 9.17) is 9.97 Å². The number of benzene rings is 7. The number of hydrogen-bond acceptors (Lipinski definition) is 3. The van der Waals surface area contributed by atoms with Crippen LogP contribution in [-0.4, -0.2) is 9.97 Å². The van der Waals surface area contributed by atoms with E-state index in [1.165, 1.54) is 52.5 Å². The van der Waals surface area contributed by atoms with Gasteiger partial charge in [-0.25, -0.2) is 9.97 Å². The largest absolute Gasteiger partial charge is 0.228 e. The minimum absolute atomic E-state index is 0.702. The van der Waals surface area contributed by atoms with Crippen LogP contribution >= 0.6 is 11.3 Å². The van der Waals surface area contributed by atoms with E-state index in [1.807, 2.05) is 42.6 Å². The minimum atomic E-state index is 0.702. The molecule has 0 aliphatic carbocycles. The molecule has 9 rings (SSSR count). The third-order valence-corrected chi connectivity index (χ3v) is 10.7. The number of nitrogens with zero attached hydrogens (tertiary/aromatic N) is 2. The summed E-state index contributed by atoms with van der Waals surface area (Å²) in [6, 6.07) is 50.1. The van der Waals surface area contributed by atoms with Crippen molar-refractivity contribution in [1.82, 2.24) is 9.97 Å². The maximum atomic E-state index is 5.37. The molecule has 2 heterocycles. The summed E-state index contributed by atoms with van der Waals surface area (Å²) < 4.78 is 2.46. The smallest absolute Gasteiger partial charge is 0.161 e. The third-order valence-electron chi connectivity index (χ3n) is 9.56. The van der Waals surface area contributed by atoms with Gasteiger partial charge in [0.25, 0.3) is 0 Å². The quantitative estimate of drug-likeness (QED) is 0.131. The first-order valence-electron chi connectivity index (χ1n) is 16.9. The summed E-state index contributed by atoms with van der Waals surface area (Å²) in [6.07, 6.45) is 7.96. The van der Waals surface area contributed by atoms with Gasteiger partial charge in [0.05, 0.1) is 11.4 Å². The number of aromatic nitrogens is 2. The van der Waals surface area contributed by atoms with Crippen LogP contribution in [-0.2, 0) is 0 Å². The van der Waals surface area contributed by atoms with E-state index in [0.717, 1.165) is 39.2 Å². The maximum absolute atomic E-state index is 5.37. The molecule has 9 aromatic rings. The zero-order valence-corrected chi connectivity index (χ0v) is 28.4. The molecule has 0 aliphatic rings. The average Bonchev–Trinajstić information content (AvgIpc) is 3.56. The molecule has 0 unspecified atom stereocenters. The summed E-state index contributed by atoms with van der Waals surface area (Å²) in [4.78, 5) is 10.7. The topological polar surface area (TPSA) is 25.8 Å². The first-order chi connectivity index (χ1) is 24.7. The second kappa shape index (κ2) is 12.4. The molecule has 0 fully saturated rings. The van der Waals surface area contributed by atoms with Gasteiger partial charge in [-0.1, -0.05) is 146 Å². The van der Waals surface area contributed by atoms with E-state index >= 15 is 0 Å². The van der Waals surface area contributed by atoms with Crippen molar-refractivity contribution in [2.45, 2.75) is 6.92 Å². The van der Waals surface area contributed by atoms with Crippen LogP contribution in [0.3, 0.4) is 0 Å². The molecule has 7 aromatic carbocycles. The fourth-order valence-electron chi connectivity index (χ4n) is 7.36. The van der Waals surface area contributed by atoms with Gasteiger partial charge in [-0.3, -0.25) is 0 Å². The second-order valence-electron chi connectivity index (χ2n) is 12.5. The van der Waals surface area contributed by atoms with Gasteiger partial charge in [-0.05, 0) is 80.2 Å². The molecule has 0 saturated carbocycles. The number of fused-ring (bicyclic) bond motifs is 9. The maximum Gasteiger partial charge on any atom is 0.161 e. The number of allylic oxidation sites excluding steroid dienone is 5. The van der Waals surface area contributed by atoms with Gasteiger partial charge in [-0.15, -0.1) is 11.3 Å². The molecule has 0 N–H and O–H groups in total. The Morgan fingerprint density at radius 3 is 1.92 bits per heavy atom. The van der Waals surface area contributed by atoms with Gasteiger partial charge in [0.15, 0.2) is 5.82 Å². The lowest BCUT2D eigenvalue weighted by Gasteiger charge is -2.16. The summed E-state index contributed by atoms with van der Waals surface area (Å²) in [5.74, 6) is 0.702. The van der Waals surface area contributed by atoms with Gasteiger partial charge in [0.2, 0.25) is 0 Å². The normalized spacial score (nSPS) is 12.2. The molecule has 3 heteroatoms. The summed E-state index contributed by atoms with van der Waals surface area (Å²) in [5.41, 5.74) is 7.04. The summed E-state index contributed by atoms with van der Waals surface area (Å²) in [5, 5.41) is 9.95. The first-order valence-corrected chi connectivity index (χ1v) is 17.7. The molecule has 2 aromatic heterocycles. The predicted octanol–water partition coefficient (Wildman–Crippen LogP) is 13.5. The van der Waals surface area contributed by atoms with Crippen molar-refractivity contribution in [1.29, 1.82) is 0 Å². The van der Waals surface area contributed by atoms with E-state index in [1.54, 1.807) is 0 Å². The highest BCUT2D eigenvalue weighted by molar-refractivity contribution is 7.26. The van der Waals surface area contributed by atoms with E-state index < -0.39 is 0 Å². The van der Waals surface area contributed by atoms with Crippen molar-refractivity contribution in [3.05, 3.63) is 176 Å². The van der Waals surface area contributed by atoms with Crippen LogP contribution in [0.15, 0.2) is 170 Å². The number of rotatable bonds is 6. The van der Waals surface area contributed by atoms with Crippen molar-refractivity contribution in [2.24, 2.45) is 0 Å². The van der Waals surface area contributed by atoms with Crippen LogP contribution in [0.4, 0.5) is 0 Å². The SMILES string of the molecule is C=C/C=C(\C=C/C)c1cc(-c2ccccc2)nc(-c2c(-c3ccc4c5ccccc5c5ccccc5c4c3)ccc3sc4ccccc4c23)n1. The molecule has 0 atom stereocenters. The van der Waals surface area contributed by atoms with Crippen LogP contribution in [0.25, 0.3) is 91.8 Å². The Balaban J connectivity index is 1.40. The van der Waals surface area contributed by atoms with Crippen LogP contribution in [0.1, 0.15) is 12.6 Å². The first kappa shape index (κ1) is 29.9. The van der Waals surface area contributed by atoms with Crippen LogP contribution < -0.4 is 0 Å². The van der Waals surface area contributed by atoms with E-state index in [0.29, 0.717) is 5.82 Å². The van der Waals surface area contributed by atoms with Gasteiger partial charge >= 0.3 is 0 Å². The number of hydrogen-bond donors (Lipinski definition) is 0. The van der Waals surface area contributed by atoms with Crippen LogP contribution in [0.5, 0.6) is 0 Å². The molecule has 0 bridgehead atoms. The minimum Gasteiger partial charge on any atom is -0.228 e. The molecule has 0 spiro atoms. The van der Waals surface area contributed by atoms with Crippen molar-refractivity contribution in [3.63, 3.8) is 0 Å². The summed E-state index contributed by atoms with van der Waals surface area (Å²) >= 11 is 1.82. The Bertz CT molecular complexity index is 2800. The zero-order chi connectivity index (χ0) is 33.6. The Kier molecular flexibility index (Phi) is 7.41. The zero-order valence-electron chi connectivity index (χ0n) is 27.6. The summed E-state index contributed by atoms with van der Waals surface area (Å²) in [7, 11) is 0. The standard InChI is InChI=1S/C47H32N2S/c1-3-14-30(15-4-2)41-29-42(31-16-6-5-7-17-31)49-47(48-41)46-33(26-27-44-45(46)39-22-12-13-23-43(39)50-44)32-24-25-38-36-20-9-8-18-34(36)35-19-10-11-21-37(35)40(38)28-32/h3-29H,1H2,2H3/b15-4-,30-14+. The summed E-state index contributed by atoms with van der Waals surface area (Å²) in [6.45, 7) is 6.03. The molecular formula is C47H32N2S. The highest BCUT2D eigenvalue weighted by Gasteiger charge is 2.21. The Hall–Kier alpha value is -6.16. The molecule has 236 valence electrons. The molecule has 2 nitrogen and oxygen atoms in total. The predicted molar refractivity (Wildman–Crippen MR) is 217 cm³/mol. The highest BCUT2D eigenvalue weighted by Crippen LogP contribution is 2.46. The average molecular weight is 657 g/mol. The lowest BCUT2D eigenvalue weighted by molar-refractivity contribution is 1.16. The Morgan fingerprint density at radius 2 is 1.22 bits per heavy atom. The van der Waals surface area contributed by atoms with Crippen molar-refractivity contribution >= 4 is 69.4 Å². The fourth-order valence-corrected chi connectivity index (χ4v) is 8.47. The molecule has 50 heavy (non-hydrogen) atoms. The van der Waals surface area contributed by atoms with Crippen molar-refractivity contribution in [3.8, 4) is 33.8 Å². The van der Waals surface area contributed by atoms with Crippen LogP contribution in [0, 0.1) is 0 Å². The van der Waals surface area contributed by atoms with E-state index in [2.05, 4.69) is 146 Å². The van der Waals surface area contributed by atoms with E-state index in [-0.39, 0.29) is 0 Å². The molecule has 0 saturated heterocycles. The molecule has 0 amide bonds. The Morgan fingerprint density at radius 1 is 0.580 bits per heavy atom. The lowest BCUT2D eigenvalue weighted by Crippen LogP contribution is -2.00. The van der Waals surface area contributed by atoms with Gasteiger partial charge in [0.1, 0.15) is 0 Å². The number of thiophene rings is 1. The van der Waals surface area contributed by atoms with Crippen molar-refractivity contribution in [2.75, 3.05) is 0 Å². The van der Waals surface area contributed by atoms with E-state index in [9.17, 15) is 0 Å². The monoisotopic (exact) mass is 656 g/mol. The van der Waals surface area contributed by atoms with Crippen LogP contribution in [0.2, 0.25) is 0 Å². The van der Waals surface area contributed by atoms with Gasteiger partial charge < -0.3 is 0 Å². The fraction of sp³-hybridized carbons (Fsp3) is 0.0213.